The SMILES string of the molecule is Cc1ccc(-n2cnc(C(=O)NCc3ccccc3)c2)cc1. The van der Waals surface area contributed by atoms with Crippen LogP contribution in [-0.4, -0.2) is 15.5 Å². The summed E-state index contributed by atoms with van der Waals surface area (Å²) in [5.41, 5.74) is 3.66. The lowest BCUT2D eigenvalue weighted by molar-refractivity contribution is 0.0946. The number of benzene rings is 2. The molecule has 1 aromatic heterocycles. The molecule has 0 fully saturated rings. The van der Waals surface area contributed by atoms with Crippen LogP contribution >= 0.6 is 0 Å². The van der Waals surface area contributed by atoms with E-state index in [4.69, 9.17) is 0 Å². The van der Waals surface area contributed by atoms with Gasteiger partial charge < -0.3 is 9.88 Å². The molecule has 4 nitrogen and oxygen atoms in total. The van der Waals surface area contributed by atoms with Crippen LogP contribution in [0.5, 0.6) is 0 Å². The molecule has 0 aliphatic rings. The highest BCUT2D eigenvalue weighted by Gasteiger charge is 2.09. The monoisotopic (exact) mass is 291 g/mol. The number of hydrogen-bond acceptors (Lipinski definition) is 2. The second-order valence-corrected chi connectivity index (χ2v) is 5.17. The van der Waals surface area contributed by atoms with Crippen molar-refractivity contribution in [3.05, 3.63) is 83.9 Å². The molecule has 110 valence electrons. The number of aromatic nitrogens is 2. The predicted octanol–water partition coefficient (Wildman–Crippen LogP) is 3.11. The van der Waals surface area contributed by atoms with Crippen LogP contribution in [0.4, 0.5) is 0 Å². The van der Waals surface area contributed by atoms with Gasteiger partial charge in [0.2, 0.25) is 0 Å². The minimum absolute atomic E-state index is 0.172. The Morgan fingerprint density at radius 3 is 2.55 bits per heavy atom. The molecular weight excluding hydrogens is 274 g/mol. The standard InChI is InChI=1S/C18H17N3O/c1-14-7-9-16(10-8-14)21-12-17(20-13-21)18(22)19-11-15-5-3-2-4-6-15/h2-10,12-13H,11H2,1H3,(H,19,22). The highest BCUT2D eigenvalue weighted by atomic mass is 16.1. The van der Waals surface area contributed by atoms with Crippen molar-refractivity contribution in [2.24, 2.45) is 0 Å². The van der Waals surface area contributed by atoms with Gasteiger partial charge in [0.25, 0.3) is 5.91 Å². The van der Waals surface area contributed by atoms with E-state index in [1.54, 1.807) is 12.5 Å². The number of aryl methyl sites for hydroxylation is 1. The number of carbonyl (C=O) groups excluding carboxylic acids is 1. The molecular formula is C18H17N3O. The minimum Gasteiger partial charge on any atom is -0.347 e. The summed E-state index contributed by atoms with van der Waals surface area (Å²) in [6.07, 6.45) is 3.40. The van der Waals surface area contributed by atoms with Gasteiger partial charge in [-0.2, -0.15) is 0 Å². The Morgan fingerprint density at radius 2 is 1.82 bits per heavy atom. The second-order valence-electron chi connectivity index (χ2n) is 5.17. The van der Waals surface area contributed by atoms with Crippen LogP contribution in [0.3, 0.4) is 0 Å². The van der Waals surface area contributed by atoms with Crippen molar-refractivity contribution in [1.29, 1.82) is 0 Å². The van der Waals surface area contributed by atoms with Crippen LogP contribution in [0.2, 0.25) is 0 Å². The summed E-state index contributed by atoms with van der Waals surface area (Å²) in [7, 11) is 0. The highest BCUT2D eigenvalue weighted by Crippen LogP contribution is 2.10. The Bertz CT molecular complexity index is 761. The fourth-order valence-corrected chi connectivity index (χ4v) is 2.17. The zero-order valence-corrected chi connectivity index (χ0v) is 12.4. The maximum Gasteiger partial charge on any atom is 0.271 e. The molecule has 0 aliphatic carbocycles. The third-order valence-corrected chi connectivity index (χ3v) is 3.44. The second kappa shape index (κ2) is 6.26. The first-order chi connectivity index (χ1) is 10.7. The van der Waals surface area contributed by atoms with E-state index in [1.165, 1.54) is 5.56 Å². The third-order valence-electron chi connectivity index (χ3n) is 3.44. The molecule has 22 heavy (non-hydrogen) atoms. The van der Waals surface area contributed by atoms with Crippen LogP contribution < -0.4 is 5.32 Å². The molecule has 0 unspecified atom stereocenters. The maximum atomic E-state index is 12.1. The van der Waals surface area contributed by atoms with Gasteiger partial charge in [0.1, 0.15) is 12.0 Å². The molecule has 0 bridgehead atoms. The number of hydrogen-bond donors (Lipinski definition) is 1. The van der Waals surface area contributed by atoms with Gasteiger partial charge in [-0.1, -0.05) is 48.0 Å². The van der Waals surface area contributed by atoms with Crippen molar-refractivity contribution in [3.63, 3.8) is 0 Å². The number of nitrogens with zero attached hydrogens (tertiary/aromatic N) is 2. The Kier molecular flexibility index (Phi) is 4.01. The van der Waals surface area contributed by atoms with Crippen LogP contribution in [0.25, 0.3) is 5.69 Å². The molecule has 4 heteroatoms. The largest absolute Gasteiger partial charge is 0.347 e. The van der Waals surface area contributed by atoms with E-state index in [-0.39, 0.29) is 5.91 Å². The van der Waals surface area contributed by atoms with Crippen LogP contribution in [0.15, 0.2) is 67.1 Å². The average Bonchev–Trinajstić information content (AvgIpc) is 3.04. The molecule has 1 heterocycles. The van der Waals surface area contributed by atoms with E-state index in [2.05, 4.69) is 10.3 Å². The predicted molar refractivity (Wildman–Crippen MR) is 85.9 cm³/mol. The quantitative estimate of drug-likeness (QED) is 0.803. The van der Waals surface area contributed by atoms with Crippen LogP contribution in [0.1, 0.15) is 21.6 Å². The summed E-state index contributed by atoms with van der Waals surface area (Å²) < 4.78 is 1.84. The van der Waals surface area contributed by atoms with Crippen molar-refractivity contribution in [2.45, 2.75) is 13.5 Å². The van der Waals surface area contributed by atoms with Gasteiger partial charge >= 0.3 is 0 Å². The first kappa shape index (κ1) is 14.1. The van der Waals surface area contributed by atoms with Crippen molar-refractivity contribution in [3.8, 4) is 5.69 Å². The number of rotatable bonds is 4. The Hall–Kier alpha value is -2.88. The molecule has 0 saturated heterocycles. The molecule has 0 saturated carbocycles. The summed E-state index contributed by atoms with van der Waals surface area (Å²) in [6, 6.07) is 17.9. The molecule has 0 spiro atoms. The van der Waals surface area contributed by atoms with Gasteiger partial charge in [0, 0.05) is 18.4 Å². The first-order valence-corrected chi connectivity index (χ1v) is 7.15. The van der Waals surface area contributed by atoms with E-state index in [1.807, 2.05) is 66.1 Å². The van der Waals surface area contributed by atoms with Crippen molar-refractivity contribution in [1.82, 2.24) is 14.9 Å². The fraction of sp³-hybridized carbons (Fsp3) is 0.111. The van der Waals surface area contributed by atoms with E-state index < -0.39 is 0 Å². The molecule has 3 aromatic rings. The van der Waals surface area contributed by atoms with E-state index in [0.717, 1.165) is 11.3 Å². The molecule has 2 aromatic carbocycles. The smallest absolute Gasteiger partial charge is 0.271 e. The van der Waals surface area contributed by atoms with Crippen LogP contribution in [-0.2, 0) is 6.54 Å². The Balaban J connectivity index is 1.68. The van der Waals surface area contributed by atoms with Crippen LogP contribution in [0, 0.1) is 6.92 Å². The highest BCUT2D eigenvalue weighted by molar-refractivity contribution is 5.92. The normalized spacial score (nSPS) is 10.4. The lowest BCUT2D eigenvalue weighted by Gasteiger charge is -2.03. The molecule has 0 atom stereocenters. The summed E-state index contributed by atoms with van der Waals surface area (Å²) in [6.45, 7) is 2.54. The van der Waals surface area contributed by atoms with Gasteiger partial charge in [0.15, 0.2) is 0 Å². The molecule has 0 aliphatic heterocycles. The summed E-state index contributed by atoms with van der Waals surface area (Å²) >= 11 is 0. The lowest BCUT2D eigenvalue weighted by atomic mass is 10.2. The zero-order valence-electron chi connectivity index (χ0n) is 12.4. The Morgan fingerprint density at radius 1 is 1.09 bits per heavy atom. The number of carbonyl (C=O) groups is 1. The average molecular weight is 291 g/mol. The molecule has 3 rings (SSSR count). The van der Waals surface area contributed by atoms with Crippen molar-refractivity contribution >= 4 is 5.91 Å². The van der Waals surface area contributed by atoms with Gasteiger partial charge in [-0.05, 0) is 24.6 Å². The van der Waals surface area contributed by atoms with Gasteiger partial charge in [-0.25, -0.2) is 4.98 Å². The van der Waals surface area contributed by atoms with Gasteiger partial charge in [-0.15, -0.1) is 0 Å². The molecule has 0 radical (unpaired) electrons. The lowest BCUT2D eigenvalue weighted by Crippen LogP contribution is -2.23. The summed E-state index contributed by atoms with van der Waals surface area (Å²) in [5.74, 6) is -0.172. The molecule has 1 amide bonds. The van der Waals surface area contributed by atoms with E-state index in [9.17, 15) is 4.79 Å². The Labute approximate surface area is 129 Å². The number of amides is 1. The van der Waals surface area contributed by atoms with Gasteiger partial charge in [-0.3, -0.25) is 4.79 Å². The molecule has 1 N–H and O–H groups in total. The number of nitrogens with one attached hydrogen (secondary N) is 1. The third kappa shape index (κ3) is 3.23. The minimum atomic E-state index is -0.172. The van der Waals surface area contributed by atoms with Gasteiger partial charge in [0.05, 0.1) is 0 Å². The van der Waals surface area contributed by atoms with Crippen molar-refractivity contribution in [2.75, 3.05) is 0 Å². The zero-order chi connectivity index (χ0) is 15.4. The topological polar surface area (TPSA) is 46.9 Å². The summed E-state index contributed by atoms with van der Waals surface area (Å²) in [5, 5.41) is 2.87. The van der Waals surface area contributed by atoms with Crippen molar-refractivity contribution < 1.29 is 4.79 Å². The maximum absolute atomic E-state index is 12.1. The number of imidazole rings is 1. The fourth-order valence-electron chi connectivity index (χ4n) is 2.17. The first-order valence-electron chi connectivity index (χ1n) is 7.15. The summed E-state index contributed by atoms with van der Waals surface area (Å²) in [4.78, 5) is 16.3. The van der Waals surface area contributed by atoms with E-state index >= 15 is 0 Å². The van der Waals surface area contributed by atoms with E-state index in [0.29, 0.717) is 12.2 Å².